The molecule has 6 nitrogen and oxygen atoms in total. The minimum atomic E-state index is -0.0533. The zero-order valence-electron chi connectivity index (χ0n) is 13.7. The van der Waals surface area contributed by atoms with Crippen LogP contribution in [0.25, 0.3) is 0 Å². The van der Waals surface area contributed by atoms with Crippen LogP contribution in [0.2, 0.25) is 0 Å². The topological polar surface area (TPSA) is 58.8 Å². The molecule has 2 aromatic heterocycles. The maximum absolute atomic E-state index is 12.6. The fourth-order valence-electron chi connectivity index (χ4n) is 3.55. The number of furan rings is 1. The Morgan fingerprint density at radius 3 is 3.00 bits per heavy atom. The number of hydrogen-bond donors (Lipinski definition) is 0. The number of hydrogen-bond acceptors (Lipinski definition) is 5. The van der Waals surface area contributed by atoms with Gasteiger partial charge in [-0.2, -0.15) is 0 Å². The van der Waals surface area contributed by atoms with Gasteiger partial charge in [-0.3, -0.25) is 14.7 Å². The van der Waals surface area contributed by atoms with E-state index in [4.69, 9.17) is 9.15 Å². The minimum absolute atomic E-state index is 0.0533. The molecule has 126 valence electrons. The summed E-state index contributed by atoms with van der Waals surface area (Å²) in [5.74, 6) is 1.11. The highest BCUT2D eigenvalue weighted by atomic mass is 16.5. The van der Waals surface area contributed by atoms with Crippen molar-refractivity contribution >= 4 is 5.91 Å². The molecule has 2 saturated heterocycles. The maximum atomic E-state index is 12.6. The molecule has 4 rings (SSSR count). The lowest BCUT2D eigenvalue weighted by molar-refractivity contribution is -0.0503. The Labute approximate surface area is 141 Å². The lowest BCUT2D eigenvalue weighted by Crippen LogP contribution is -2.50. The Morgan fingerprint density at radius 2 is 2.25 bits per heavy atom. The molecule has 0 N–H and O–H groups in total. The molecule has 2 aromatic rings. The van der Waals surface area contributed by atoms with Gasteiger partial charge in [0.15, 0.2) is 5.76 Å². The van der Waals surface area contributed by atoms with Crippen LogP contribution >= 0.6 is 0 Å². The van der Waals surface area contributed by atoms with Gasteiger partial charge >= 0.3 is 0 Å². The third kappa shape index (κ3) is 2.95. The van der Waals surface area contributed by atoms with Crippen LogP contribution in [0.15, 0.2) is 41.1 Å². The number of morpholine rings is 1. The molecular weight excluding hydrogens is 306 g/mol. The van der Waals surface area contributed by atoms with Gasteiger partial charge in [0.1, 0.15) is 5.76 Å². The van der Waals surface area contributed by atoms with Gasteiger partial charge in [0.05, 0.1) is 18.8 Å². The van der Waals surface area contributed by atoms with Gasteiger partial charge in [-0.1, -0.05) is 6.07 Å². The smallest absolute Gasteiger partial charge is 0.289 e. The second-order valence-corrected chi connectivity index (χ2v) is 6.43. The van der Waals surface area contributed by atoms with Gasteiger partial charge < -0.3 is 14.1 Å². The third-order valence-corrected chi connectivity index (χ3v) is 4.76. The van der Waals surface area contributed by atoms with Crippen molar-refractivity contribution in [2.45, 2.75) is 25.6 Å². The molecule has 0 radical (unpaired) electrons. The normalized spacial score (nSPS) is 24.1. The number of aryl methyl sites for hydroxylation is 1. The Morgan fingerprint density at radius 1 is 1.33 bits per heavy atom. The predicted octanol–water partition coefficient (Wildman–Crippen LogP) is 1.71. The molecule has 2 atom stereocenters. The van der Waals surface area contributed by atoms with Crippen LogP contribution in [0.4, 0.5) is 0 Å². The second kappa shape index (κ2) is 6.37. The van der Waals surface area contributed by atoms with Crippen molar-refractivity contribution in [3.05, 3.63) is 53.7 Å². The Kier molecular flexibility index (Phi) is 4.08. The summed E-state index contributed by atoms with van der Waals surface area (Å²) < 4.78 is 11.4. The molecule has 0 saturated carbocycles. The van der Waals surface area contributed by atoms with Crippen molar-refractivity contribution < 1.29 is 13.9 Å². The van der Waals surface area contributed by atoms with Crippen molar-refractivity contribution in [1.29, 1.82) is 0 Å². The number of carbonyl (C=O) groups is 1. The van der Waals surface area contributed by atoms with Gasteiger partial charge in [-0.25, -0.2) is 0 Å². The zero-order chi connectivity index (χ0) is 16.5. The lowest BCUT2D eigenvalue weighted by Gasteiger charge is -2.36. The number of nitrogens with zero attached hydrogens (tertiary/aromatic N) is 3. The number of rotatable bonds is 3. The summed E-state index contributed by atoms with van der Waals surface area (Å²) in [5, 5.41) is 0. The SMILES string of the molecule is Cc1ccc(C(=O)N2C[C@@H]3OCCN(Cc4cccnc4)[C@@H]3C2)o1. The number of aromatic nitrogens is 1. The van der Waals surface area contributed by atoms with E-state index in [1.54, 1.807) is 12.3 Å². The number of pyridine rings is 1. The van der Waals surface area contributed by atoms with Crippen LogP contribution in [0, 0.1) is 6.92 Å². The lowest BCUT2D eigenvalue weighted by atomic mass is 10.1. The van der Waals surface area contributed by atoms with Crippen LogP contribution in [0.3, 0.4) is 0 Å². The molecule has 0 unspecified atom stereocenters. The Hall–Kier alpha value is -2.18. The molecule has 0 spiro atoms. The van der Waals surface area contributed by atoms with Crippen molar-refractivity contribution in [2.24, 2.45) is 0 Å². The van der Waals surface area contributed by atoms with Gasteiger partial charge in [0.25, 0.3) is 5.91 Å². The second-order valence-electron chi connectivity index (χ2n) is 6.43. The van der Waals surface area contributed by atoms with Crippen LogP contribution in [0.1, 0.15) is 21.9 Å². The molecule has 0 aromatic carbocycles. The molecule has 2 fully saturated rings. The Balaban J connectivity index is 1.47. The van der Waals surface area contributed by atoms with E-state index in [9.17, 15) is 4.79 Å². The highest BCUT2D eigenvalue weighted by Gasteiger charge is 2.42. The van der Waals surface area contributed by atoms with E-state index >= 15 is 0 Å². The monoisotopic (exact) mass is 327 g/mol. The first-order chi connectivity index (χ1) is 11.7. The quantitative estimate of drug-likeness (QED) is 0.859. The largest absolute Gasteiger partial charge is 0.456 e. The fourth-order valence-corrected chi connectivity index (χ4v) is 3.55. The summed E-state index contributed by atoms with van der Waals surface area (Å²) in [4.78, 5) is 21.0. The number of carbonyl (C=O) groups excluding carboxylic acids is 1. The van der Waals surface area contributed by atoms with E-state index in [0.29, 0.717) is 25.5 Å². The molecule has 6 heteroatoms. The molecule has 24 heavy (non-hydrogen) atoms. The highest BCUT2D eigenvalue weighted by molar-refractivity contribution is 5.91. The van der Waals surface area contributed by atoms with E-state index in [-0.39, 0.29) is 18.1 Å². The summed E-state index contributed by atoms with van der Waals surface area (Å²) in [6.07, 6.45) is 3.75. The van der Waals surface area contributed by atoms with Crippen molar-refractivity contribution in [3.63, 3.8) is 0 Å². The van der Waals surface area contributed by atoms with Gasteiger partial charge in [-0.15, -0.1) is 0 Å². The van der Waals surface area contributed by atoms with E-state index in [1.165, 1.54) is 5.56 Å². The standard InChI is InChI=1S/C18H21N3O3/c1-13-4-5-16(24-13)18(22)21-11-15-17(12-21)23-8-7-20(15)10-14-3-2-6-19-9-14/h2-6,9,15,17H,7-8,10-12H2,1H3/t15-,17+/m1/s1. The van der Waals surface area contributed by atoms with Crippen molar-refractivity contribution in [3.8, 4) is 0 Å². The summed E-state index contributed by atoms with van der Waals surface area (Å²) in [7, 11) is 0. The van der Waals surface area contributed by atoms with E-state index in [2.05, 4.69) is 16.0 Å². The number of amides is 1. The highest BCUT2D eigenvalue weighted by Crippen LogP contribution is 2.26. The molecule has 2 aliphatic heterocycles. The summed E-state index contributed by atoms with van der Waals surface area (Å²) in [6, 6.07) is 7.83. The number of likely N-dealkylation sites (tertiary alicyclic amines) is 1. The first-order valence-corrected chi connectivity index (χ1v) is 8.31. The molecular formula is C18H21N3O3. The van der Waals surface area contributed by atoms with Gasteiger partial charge in [0, 0.05) is 38.6 Å². The summed E-state index contributed by atoms with van der Waals surface area (Å²) >= 11 is 0. The number of fused-ring (bicyclic) bond motifs is 1. The van der Waals surface area contributed by atoms with E-state index in [1.807, 2.05) is 30.2 Å². The van der Waals surface area contributed by atoms with E-state index < -0.39 is 0 Å². The van der Waals surface area contributed by atoms with Crippen molar-refractivity contribution in [1.82, 2.24) is 14.8 Å². The van der Waals surface area contributed by atoms with Crippen LogP contribution in [-0.4, -0.2) is 59.1 Å². The van der Waals surface area contributed by atoms with Gasteiger partial charge in [0.2, 0.25) is 0 Å². The number of ether oxygens (including phenoxy) is 1. The van der Waals surface area contributed by atoms with Crippen LogP contribution in [0.5, 0.6) is 0 Å². The van der Waals surface area contributed by atoms with Crippen LogP contribution in [-0.2, 0) is 11.3 Å². The molecule has 0 bridgehead atoms. The third-order valence-electron chi connectivity index (χ3n) is 4.76. The predicted molar refractivity (Wildman–Crippen MR) is 87.5 cm³/mol. The van der Waals surface area contributed by atoms with Gasteiger partial charge in [-0.05, 0) is 30.7 Å². The minimum Gasteiger partial charge on any atom is -0.456 e. The Bertz CT molecular complexity index is 715. The molecule has 1 amide bonds. The summed E-state index contributed by atoms with van der Waals surface area (Å²) in [5.41, 5.74) is 1.18. The fraction of sp³-hybridized carbons (Fsp3) is 0.444. The first kappa shape index (κ1) is 15.4. The molecule has 0 aliphatic carbocycles. The van der Waals surface area contributed by atoms with Crippen molar-refractivity contribution in [2.75, 3.05) is 26.2 Å². The molecule has 2 aliphatic rings. The first-order valence-electron chi connectivity index (χ1n) is 8.31. The van der Waals surface area contributed by atoms with E-state index in [0.717, 1.165) is 18.8 Å². The summed E-state index contributed by atoms with van der Waals surface area (Å²) in [6.45, 7) is 5.54. The zero-order valence-corrected chi connectivity index (χ0v) is 13.7. The average Bonchev–Trinajstić information content (AvgIpc) is 3.22. The molecule has 4 heterocycles. The maximum Gasteiger partial charge on any atom is 0.289 e. The van der Waals surface area contributed by atoms with Crippen LogP contribution < -0.4 is 0 Å². The average molecular weight is 327 g/mol.